The molecule has 1 aromatic heterocycles. The van der Waals surface area contributed by atoms with Crippen molar-refractivity contribution in [3.05, 3.63) is 17.5 Å². The maximum absolute atomic E-state index is 9.57. The average Bonchev–Trinajstić information content (AvgIpc) is 2.98. The molecule has 2 aliphatic rings. The van der Waals surface area contributed by atoms with E-state index in [4.69, 9.17) is 0 Å². The SMILES string of the molecule is CCCn1cc(CN2CCN(CC3CCCCC3)[C@H](CCO)C2)c(C)n1. The Kier molecular flexibility index (Phi) is 7.52. The molecule has 1 saturated carbocycles. The van der Waals surface area contributed by atoms with E-state index in [1.165, 1.54) is 49.9 Å². The maximum Gasteiger partial charge on any atom is 0.0638 e. The molecule has 1 N–H and O–H groups in total. The van der Waals surface area contributed by atoms with Crippen molar-refractivity contribution in [3.8, 4) is 0 Å². The van der Waals surface area contributed by atoms with E-state index in [1.54, 1.807) is 0 Å². The molecule has 1 aliphatic heterocycles. The summed E-state index contributed by atoms with van der Waals surface area (Å²) in [5, 5.41) is 14.2. The monoisotopic (exact) mass is 362 g/mol. The number of aromatic nitrogens is 2. The summed E-state index contributed by atoms with van der Waals surface area (Å²) < 4.78 is 2.09. The van der Waals surface area contributed by atoms with Crippen LogP contribution in [-0.4, -0.2) is 63.5 Å². The van der Waals surface area contributed by atoms with Crippen molar-refractivity contribution in [1.82, 2.24) is 19.6 Å². The van der Waals surface area contributed by atoms with Gasteiger partial charge in [-0.1, -0.05) is 26.2 Å². The smallest absolute Gasteiger partial charge is 0.0638 e. The minimum absolute atomic E-state index is 0.299. The Morgan fingerprint density at radius 1 is 1.19 bits per heavy atom. The molecule has 5 heteroatoms. The van der Waals surface area contributed by atoms with Gasteiger partial charge in [-0.05, 0) is 38.5 Å². The molecule has 3 rings (SSSR count). The number of nitrogens with zero attached hydrogens (tertiary/aromatic N) is 4. The van der Waals surface area contributed by atoms with Gasteiger partial charge < -0.3 is 5.11 Å². The molecule has 0 spiro atoms. The minimum atomic E-state index is 0.299. The van der Waals surface area contributed by atoms with Crippen LogP contribution in [0.15, 0.2) is 6.20 Å². The van der Waals surface area contributed by atoms with Gasteiger partial charge in [-0.15, -0.1) is 0 Å². The molecule has 0 bridgehead atoms. The summed E-state index contributed by atoms with van der Waals surface area (Å²) in [4.78, 5) is 5.24. The van der Waals surface area contributed by atoms with Crippen molar-refractivity contribution in [3.63, 3.8) is 0 Å². The van der Waals surface area contributed by atoms with E-state index in [1.807, 2.05) is 0 Å². The molecule has 2 fully saturated rings. The first-order valence-electron chi connectivity index (χ1n) is 10.8. The lowest BCUT2D eigenvalue weighted by Gasteiger charge is -2.43. The highest BCUT2D eigenvalue weighted by molar-refractivity contribution is 5.15. The Labute approximate surface area is 159 Å². The molecule has 1 saturated heterocycles. The highest BCUT2D eigenvalue weighted by Gasteiger charge is 2.29. The van der Waals surface area contributed by atoms with Gasteiger partial charge in [0.1, 0.15) is 0 Å². The molecular weight excluding hydrogens is 324 g/mol. The van der Waals surface area contributed by atoms with E-state index in [0.717, 1.165) is 51.5 Å². The van der Waals surface area contributed by atoms with Crippen LogP contribution in [0.3, 0.4) is 0 Å². The third-order valence-electron chi connectivity index (χ3n) is 6.26. The standard InChI is InChI=1S/C21H38N4O/c1-3-10-25-16-20(18(2)22-25)15-23-11-12-24(21(17-23)9-13-26)14-19-7-5-4-6-8-19/h16,19,21,26H,3-15,17H2,1-2H3/t21-/m1/s1. The zero-order valence-electron chi connectivity index (χ0n) is 16.9. The van der Waals surface area contributed by atoms with Crippen molar-refractivity contribution in [1.29, 1.82) is 0 Å². The van der Waals surface area contributed by atoms with Gasteiger partial charge in [0.2, 0.25) is 0 Å². The van der Waals surface area contributed by atoms with Gasteiger partial charge in [0.05, 0.1) is 5.69 Å². The van der Waals surface area contributed by atoms with Gasteiger partial charge in [-0.3, -0.25) is 14.5 Å². The molecule has 0 amide bonds. The summed E-state index contributed by atoms with van der Waals surface area (Å²) in [5.41, 5.74) is 2.53. The first-order valence-corrected chi connectivity index (χ1v) is 10.8. The molecule has 26 heavy (non-hydrogen) atoms. The van der Waals surface area contributed by atoms with Crippen LogP contribution in [-0.2, 0) is 13.1 Å². The van der Waals surface area contributed by atoms with E-state index in [-0.39, 0.29) is 0 Å². The van der Waals surface area contributed by atoms with Crippen LogP contribution in [0.25, 0.3) is 0 Å². The Morgan fingerprint density at radius 3 is 2.73 bits per heavy atom. The van der Waals surface area contributed by atoms with Crippen LogP contribution in [0.2, 0.25) is 0 Å². The molecule has 5 nitrogen and oxygen atoms in total. The quantitative estimate of drug-likeness (QED) is 0.772. The number of piperazine rings is 1. The third kappa shape index (κ3) is 5.30. The summed E-state index contributed by atoms with van der Waals surface area (Å²) in [5.74, 6) is 0.881. The van der Waals surface area contributed by atoms with E-state index in [2.05, 4.69) is 39.6 Å². The first kappa shape index (κ1) is 19.8. The molecule has 1 aliphatic carbocycles. The van der Waals surface area contributed by atoms with Crippen molar-refractivity contribution >= 4 is 0 Å². The van der Waals surface area contributed by atoms with Crippen molar-refractivity contribution in [2.24, 2.45) is 5.92 Å². The molecule has 0 unspecified atom stereocenters. The molecular formula is C21H38N4O. The third-order valence-corrected chi connectivity index (χ3v) is 6.26. The van der Waals surface area contributed by atoms with Crippen LogP contribution < -0.4 is 0 Å². The Balaban J connectivity index is 1.56. The van der Waals surface area contributed by atoms with Crippen molar-refractivity contribution in [2.45, 2.75) is 77.9 Å². The van der Waals surface area contributed by atoms with E-state index in [9.17, 15) is 5.11 Å². The van der Waals surface area contributed by atoms with E-state index < -0.39 is 0 Å². The Bertz CT molecular complexity index is 538. The van der Waals surface area contributed by atoms with E-state index in [0.29, 0.717) is 12.6 Å². The zero-order valence-corrected chi connectivity index (χ0v) is 16.9. The highest BCUT2D eigenvalue weighted by Crippen LogP contribution is 2.26. The second-order valence-electron chi connectivity index (χ2n) is 8.40. The van der Waals surface area contributed by atoms with Gasteiger partial charge in [0.15, 0.2) is 0 Å². The van der Waals surface area contributed by atoms with Crippen molar-refractivity contribution in [2.75, 3.05) is 32.8 Å². The normalized spacial score (nSPS) is 23.6. The number of hydrogen-bond donors (Lipinski definition) is 1. The molecule has 0 radical (unpaired) electrons. The summed E-state index contributed by atoms with van der Waals surface area (Å²) >= 11 is 0. The molecule has 1 aromatic rings. The second kappa shape index (κ2) is 9.86. The lowest BCUT2D eigenvalue weighted by Crippen LogP contribution is -2.54. The van der Waals surface area contributed by atoms with Crippen LogP contribution >= 0.6 is 0 Å². The number of rotatable bonds is 8. The summed E-state index contributed by atoms with van der Waals surface area (Å²) in [6.07, 6.45) is 11.3. The fourth-order valence-corrected chi connectivity index (χ4v) is 4.76. The summed E-state index contributed by atoms with van der Waals surface area (Å²) in [6.45, 7) is 11.2. The molecule has 0 aromatic carbocycles. The molecule has 2 heterocycles. The first-order chi connectivity index (χ1) is 12.7. The Morgan fingerprint density at radius 2 is 2.00 bits per heavy atom. The lowest BCUT2D eigenvalue weighted by atomic mass is 9.88. The molecule has 1 atom stereocenters. The zero-order chi connectivity index (χ0) is 18.4. The van der Waals surface area contributed by atoms with Crippen LogP contribution in [0.1, 0.15) is 63.1 Å². The summed E-state index contributed by atoms with van der Waals surface area (Å²) in [6, 6.07) is 0.502. The fourth-order valence-electron chi connectivity index (χ4n) is 4.76. The largest absolute Gasteiger partial charge is 0.396 e. The average molecular weight is 363 g/mol. The number of aryl methyl sites for hydroxylation is 2. The van der Waals surface area contributed by atoms with Gasteiger partial charge in [0.25, 0.3) is 0 Å². The predicted molar refractivity (Wildman–Crippen MR) is 106 cm³/mol. The van der Waals surface area contributed by atoms with E-state index >= 15 is 0 Å². The number of hydrogen-bond acceptors (Lipinski definition) is 4. The van der Waals surface area contributed by atoms with Crippen LogP contribution in [0.4, 0.5) is 0 Å². The maximum atomic E-state index is 9.57. The lowest BCUT2D eigenvalue weighted by molar-refractivity contribution is 0.0399. The van der Waals surface area contributed by atoms with Gasteiger partial charge in [0, 0.05) is 63.7 Å². The topological polar surface area (TPSA) is 44.5 Å². The van der Waals surface area contributed by atoms with Gasteiger partial charge >= 0.3 is 0 Å². The summed E-state index contributed by atoms with van der Waals surface area (Å²) in [7, 11) is 0. The highest BCUT2D eigenvalue weighted by atomic mass is 16.3. The predicted octanol–water partition coefficient (Wildman–Crippen LogP) is 3.05. The van der Waals surface area contributed by atoms with Crippen LogP contribution in [0, 0.1) is 12.8 Å². The van der Waals surface area contributed by atoms with Gasteiger partial charge in [-0.2, -0.15) is 5.10 Å². The minimum Gasteiger partial charge on any atom is -0.396 e. The number of aliphatic hydroxyl groups excluding tert-OH is 1. The van der Waals surface area contributed by atoms with Crippen LogP contribution in [0.5, 0.6) is 0 Å². The van der Waals surface area contributed by atoms with Crippen molar-refractivity contribution < 1.29 is 5.11 Å². The second-order valence-corrected chi connectivity index (χ2v) is 8.40. The number of aliphatic hydroxyl groups is 1. The fraction of sp³-hybridized carbons (Fsp3) is 0.857. The van der Waals surface area contributed by atoms with Gasteiger partial charge in [-0.25, -0.2) is 0 Å². The molecule has 148 valence electrons. The Hall–Kier alpha value is -0.910.